The van der Waals surface area contributed by atoms with Crippen molar-refractivity contribution in [3.63, 3.8) is 0 Å². The molecule has 3 aromatic rings. The molecule has 6 heteroatoms. The van der Waals surface area contributed by atoms with E-state index >= 15 is 0 Å². The zero-order chi connectivity index (χ0) is 16.0. The number of oxazole rings is 1. The number of hydrogen-bond acceptors (Lipinski definition) is 5. The van der Waals surface area contributed by atoms with Crippen molar-refractivity contribution >= 4 is 11.3 Å². The van der Waals surface area contributed by atoms with Crippen molar-refractivity contribution in [3.05, 3.63) is 45.1 Å². The molecule has 0 fully saturated rings. The third-order valence-electron chi connectivity index (χ3n) is 4.32. The number of nitrogens with zero attached hydrogens (tertiary/aromatic N) is 4. The van der Waals surface area contributed by atoms with Gasteiger partial charge < -0.3 is 4.42 Å². The minimum atomic E-state index is 0.633. The van der Waals surface area contributed by atoms with Crippen molar-refractivity contribution in [1.82, 2.24) is 19.7 Å². The van der Waals surface area contributed by atoms with E-state index in [1.54, 1.807) is 6.20 Å². The maximum atomic E-state index is 5.70. The van der Waals surface area contributed by atoms with E-state index in [1.165, 1.54) is 21.0 Å². The third-order valence-corrected chi connectivity index (χ3v) is 5.31. The Morgan fingerprint density at radius 3 is 2.87 bits per heavy atom. The van der Waals surface area contributed by atoms with Crippen LogP contribution in [0.25, 0.3) is 11.6 Å². The second kappa shape index (κ2) is 5.62. The molecule has 0 N–H and O–H groups in total. The van der Waals surface area contributed by atoms with Crippen LogP contribution in [0.3, 0.4) is 0 Å². The van der Waals surface area contributed by atoms with E-state index in [0.717, 1.165) is 37.5 Å². The van der Waals surface area contributed by atoms with E-state index in [2.05, 4.69) is 34.0 Å². The molecular formula is C17H20N4OS. The Bertz CT molecular complexity index is 845. The molecule has 4 heterocycles. The van der Waals surface area contributed by atoms with Gasteiger partial charge in [0.15, 0.2) is 5.69 Å². The van der Waals surface area contributed by atoms with Crippen LogP contribution in [-0.4, -0.2) is 26.2 Å². The van der Waals surface area contributed by atoms with Crippen LogP contribution in [0, 0.1) is 13.8 Å². The Kier molecular flexibility index (Phi) is 3.58. The first-order chi connectivity index (χ1) is 11.1. The van der Waals surface area contributed by atoms with Gasteiger partial charge >= 0.3 is 0 Å². The summed E-state index contributed by atoms with van der Waals surface area (Å²) in [6, 6.07) is 4.43. The summed E-state index contributed by atoms with van der Waals surface area (Å²) in [5.41, 5.74) is 3.45. The van der Waals surface area contributed by atoms with Crippen LogP contribution in [0.2, 0.25) is 0 Å². The Morgan fingerprint density at radius 1 is 1.30 bits per heavy atom. The molecule has 0 saturated carbocycles. The van der Waals surface area contributed by atoms with Crippen LogP contribution in [0.5, 0.6) is 0 Å². The highest BCUT2D eigenvalue weighted by atomic mass is 32.1. The van der Waals surface area contributed by atoms with Gasteiger partial charge in [0.05, 0.1) is 6.20 Å². The molecule has 5 nitrogen and oxygen atoms in total. The Hall–Kier alpha value is -1.92. The minimum absolute atomic E-state index is 0.633. The van der Waals surface area contributed by atoms with Gasteiger partial charge in [0.25, 0.3) is 0 Å². The van der Waals surface area contributed by atoms with Gasteiger partial charge in [0.2, 0.25) is 5.89 Å². The van der Waals surface area contributed by atoms with Crippen LogP contribution in [-0.2, 0) is 26.6 Å². The smallest absolute Gasteiger partial charge is 0.247 e. The summed E-state index contributed by atoms with van der Waals surface area (Å²) in [7, 11) is 2.01. The number of aryl methyl sites for hydroxylation is 3. The molecular weight excluding hydrogens is 308 g/mol. The SMILES string of the molecule is Cc1cnc(-c2nn(C)c3c2CN(Cc2ccc(C)s2)CC3)o1. The van der Waals surface area contributed by atoms with Gasteiger partial charge in [-0.25, -0.2) is 4.98 Å². The average Bonchev–Trinajstić information content (AvgIpc) is 3.20. The molecule has 1 aliphatic rings. The lowest BCUT2D eigenvalue weighted by Gasteiger charge is -2.26. The largest absolute Gasteiger partial charge is 0.440 e. The first-order valence-electron chi connectivity index (χ1n) is 7.85. The summed E-state index contributed by atoms with van der Waals surface area (Å²) in [6.07, 6.45) is 2.77. The van der Waals surface area contributed by atoms with Crippen LogP contribution in [0.4, 0.5) is 0 Å². The molecule has 0 spiro atoms. The first kappa shape index (κ1) is 14.7. The molecule has 120 valence electrons. The average molecular weight is 328 g/mol. The van der Waals surface area contributed by atoms with E-state index in [9.17, 15) is 0 Å². The van der Waals surface area contributed by atoms with Gasteiger partial charge in [-0.15, -0.1) is 11.3 Å². The summed E-state index contributed by atoms with van der Waals surface area (Å²) in [5.74, 6) is 1.45. The molecule has 23 heavy (non-hydrogen) atoms. The maximum absolute atomic E-state index is 5.70. The topological polar surface area (TPSA) is 47.1 Å². The minimum Gasteiger partial charge on any atom is -0.440 e. The fraction of sp³-hybridized carbons (Fsp3) is 0.412. The van der Waals surface area contributed by atoms with Crippen molar-refractivity contribution in [3.8, 4) is 11.6 Å². The lowest BCUT2D eigenvalue weighted by atomic mass is 10.0. The van der Waals surface area contributed by atoms with Crippen molar-refractivity contribution in [2.45, 2.75) is 33.4 Å². The summed E-state index contributed by atoms with van der Waals surface area (Å²) >= 11 is 1.88. The molecule has 0 radical (unpaired) electrons. The monoisotopic (exact) mass is 328 g/mol. The molecule has 3 aromatic heterocycles. The quantitative estimate of drug-likeness (QED) is 0.740. The lowest BCUT2D eigenvalue weighted by Crippen LogP contribution is -2.30. The summed E-state index contributed by atoms with van der Waals surface area (Å²) < 4.78 is 7.69. The maximum Gasteiger partial charge on any atom is 0.247 e. The van der Waals surface area contributed by atoms with Crippen molar-refractivity contribution in [2.75, 3.05) is 6.54 Å². The predicted molar refractivity (Wildman–Crippen MR) is 90.3 cm³/mol. The molecule has 0 aromatic carbocycles. The van der Waals surface area contributed by atoms with Gasteiger partial charge in [-0.1, -0.05) is 0 Å². The van der Waals surface area contributed by atoms with Gasteiger partial charge in [-0.05, 0) is 26.0 Å². The van der Waals surface area contributed by atoms with E-state index in [1.807, 2.05) is 30.0 Å². The lowest BCUT2D eigenvalue weighted by molar-refractivity contribution is 0.245. The number of rotatable bonds is 3. The Balaban J connectivity index is 1.63. The zero-order valence-corrected chi connectivity index (χ0v) is 14.5. The Labute approximate surface area is 139 Å². The molecule has 0 unspecified atom stereocenters. The normalized spacial score (nSPS) is 15.1. The van der Waals surface area contributed by atoms with E-state index < -0.39 is 0 Å². The van der Waals surface area contributed by atoms with Crippen molar-refractivity contribution < 1.29 is 4.42 Å². The van der Waals surface area contributed by atoms with E-state index in [4.69, 9.17) is 4.42 Å². The first-order valence-corrected chi connectivity index (χ1v) is 8.67. The van der Waals surface area contributed by atoms with Gasteiger partial charge in [-0.2, -0.15) is 5.10 Å². The molecule has 0 aliphatic carbocycles. The second-order valence-corrected chi connectivity index (χ2v) is 7.52. The van der Waals surface area contributed by atoms with Gasteiger partial charge in [0, 0.05) is 54.1 Å². The van der Waals surface area contributed by atoms with E-state index in [0.29, 0.717) is 5.89 Å². The molecule has 0 bridgehead atoms. The van der Waals surface area contributed by atoms with Crippen LogP contribution in [0.1, 0.15) is 26.8 Å². The summed E-state index contributed by atoms with van der Waals surface area (Å²) in [6.45, 7) is 7.03. The number of fused-ring (bicyclic) bond motifs is 1. The molecule has 4 rings (SSSR count). The highest BCUT2D eigenvalue weighted by molar-refractivity contribution is 7.11. The fourth-order valence-corrected chi connectivity index (χ4v) is 4.14. The summed E-state index contributed by atoms with van der Waals surface area (Å²) in [5, 5.41) is 4.66. The fourth-order valence-electron chi connectivity index (χ4n) is 3.21. The second-order valence-electron chi connectivity index (χ2n) is 6.15. The highest BCUT2D eigenvalue weighted by Gasteiger charge is 2.26. The summed E-state index contributed by atoms with van der Waals surface area (Å²) in [4.78, 5) is 9.63. The van der Waals surface area contributed by atoms with Crippen molar-refractivity contribution in [1.29, 1.82) is 0 Å². The zero-order valence-electron chi connectivity index (χ0n) is 13.7. The van der Waals surface area contributed by atoms with Crippen LogP contribution >= 0.6 is 11.3 Å². The standard InChI is InChI=1S/C17H20N4OS/c1-11-8-18-17(22-11)16-14-10-21(7-6-15(14)20(3)19-16)9-13-5-4-12(2)23-13/h4-5,8H,6-7,9-10H2,1-3H3. The van der Waals surface area contributed by atoms with Gasteiger partial charge in [0.1, 0.15) is 5.76 Å². The van der Waals surface area contributed by atoms with Gasteiger partial charge in [-0.3, -0.25) is 9.58 Å². The number of thiophene rings is 1. The predicted octanol–water partition coefficient (Wildman–Crippen LogP) is 3.31. The van der Waals surface area contributed by atoms with E-state index in [-0.39, 0.29) is 0 Å². The van der Waals surface area contributed by atoms with Crippen molar-refractivity contribution in [2.24, 2.45) is 7.05 Å². The molecule has 0 atom stereocenters. The third kappa shape index (κ3) is 2.72. The molecule has 1 aliphatic heterocycles. The molecule has 0 amide bonds. The van der Waals surface area contributed by atoms with Crippen LogP contribution in [0.15, 0.2) is 22.7 Å². The Morgan fingerprint density at radius 2 is 2.17 bits per heavy atom. The number of hydrogen-bond donors (Lipinski definition) is 0. The number of aromatic nitrogens is 3. The highest BCUT2D eigenvalue weighted by Crippen LogP contribution is 2.30. The molecule has 0 saturated heterocycles. The van der Waals surface area contributed by atoms with Crippen LogP contribution < -0.4 is 0 Å².